The van der Waals surface area contributed by atoms with E-state index in [-0.39, 0.29) is 5.91 Å². The average Bonchev–Trinajstić information content (AvgIpc) is 2.78. The van der Waals surface area contributed by atoms with Crippen LogP contribution >= 0.6 is 0 Å². The van der Waals surface area contributed by atoms with Crippen molar-refractivity contribution in [3.05, 3.63) is 102 Å². The van der Waals surface area contributed by atoms with Crippen LogP contribution in [0.3, 0.4) is 0 Å². The van der Waals surface area contributed by atoms with Gasteiger partial charge < -0.3 is 9.64 Å². The van der Waals surface area contributed by atoms with E-state index in [1.54, 1.807) is 17.0 Å². The number of hydrogen-bond donors (Lipinski definition) is 0. The molecule has 0 saturated heterocycles. The minimum absolute atomic E-state index is 0.0834. The average molecular weight is 384 g/mol. The van der Waals surface area contributed by atoms with E-state index in [0.29, 0.717) is 31.7 Å². The molecule has 0 aliphatic rings. The highest BCUT2D eigenvalue weighted by molar-refractivity contribution is 5.94. The monoisotopic (exact) mass is 384 g/mol. The van der Waals surface area contributed by atoms with Crippen molar-refractivity contribution in [2.75, 3.05) is 13.2 Å². The van der Waals surface area contributed by atoms with Crippen LogP contribution in [0.4, 0.5) is 0 Å². The Morgan fingerprint density at radius 3 is 2.10 bits per heavy atom. The second kappa shape index (κ2) is 10.7. The van der Waals surface area contributed by atoms with Gasteiger partial charge in [-0.15, -0.1) is 0 Å². The maximum Gasteiger partial charge on any atom is 0.254 e. The SMILES string of the molecule is N#CCCN(Cc1ccccc1)C(=O)c1ccc(OCCc2ccccc2)cc1. The highest BCUT2D eigenvalue weighted by Gasteiger charge is 2.16. The van der Waals surface area contributed by atoms with E-state index in [9.17, 15) is 4.79 Å². The van der Waals surface area contributed by atoms with E-state index >= 15 is 0 Å². The van der Waals surface area contributed by atoms with E-state index in [1.807, 2.05) is 60.7 Å². The van der Waals surface area contributed by atoms with Gasteiger partial charge in [0.2, 0.25) is 0 Å². The molecule has 0 N–H and O–H groups in total. The number of carbonyl (C=O) groups excluding carboxylic acids is 1. The van der Waals surface area contributed by atoms with Crippen LogP contribution in [0.1, 0.15) is 27.9 Å². The zero-order valence-electron chi connectivity index (χ0n) is 16.3. The van der Waals surface area contributed by atoms with Crippen molar-refractivity contribution in [1.82, 2.24) is 4.90 Å². The lowest BCUT2D eigenvalue weighted by Crippen LogP contribution is -2.31. The van der Waals surface area contributed by atoms with Crippen LogP contribution in [0.5, 0.6) is 5.75 Å². The summed E-state index contributed by atoms with van der Waals surface area (Å²) >= 11 is 0. The molecule has 29 heavy (non-hydrogen) atoms. The summed E-state index contributed by atoms with van der Waals surface area (Å²) in [6, 6.07) is 29.3. The summed E-state index contributed by atoms with van der Waals surface area (Å²) in [4.78, 5) is 14.7. The fourth-order valence-electron chi connectivity index (χ4n) is 3.05. The minimum Gasteiger partial charge on any atom is -0.493 e. The van der Waals surface area contributed by atoms with Gasteiger partial charge in [0.15, 0.2) is 0 Å². The molecule has 0 bridgehead atoms. The molecule has 0 aliphatic heterocycles. The maximum absolute atomic E-state index is 12.9. The first-order chi connectivity index (χ1) is 14.3. The van der Waals surface area contributed by atoms with Gasteiger partial charge in [0.05, 0.1) is 19.1 Å². The Hall–Kier alpha value is -3.58. The van der Waals surface area contributed by atoms with Crippen molar-refractivity contribution >= 4 is 5.91 Å². The molecule has 3 rings (SSSR count). The Morgan fingerprint density at radius 1 is 0.862 bits per heavy atom. The Morgan fingerprint density at radius 2 is 1.48 bits per heavy atom. The summed E-state index contributed by atoms with van der Waals surface area (Å²) in [5.41, 5.74) is 2.86. The molecule has 0 heterocycles. The van der Waals surface area contributed by atoms with Crippen LogP contribution < -0.4 is 4.74 Å². The third-order valence-electron chi connectivity index (χ3n) is 4.60. The van der Waals surface area contributed by atoms with Crippen molar-refractivity contribution < 1.29 is 9.53 Å². The first-order valence-corrected chi connectivity index (χ1v) is 9.73. The van der Waals surface area contributed by atoms with Crippen molar-refractivity contribution in [3.63, 3.8) is 0 Å². The number of nitrogens with zero attached hydrogens (tertiary/aromatic N) is 2. The van der Waals surface area contributed by atoms with Gasteiger partial charge in [-0.1, -0.05) is 60.7 Å². The van der Waals surface area contributed by atoms with Crippen molar-refractivity contribution in [2.45, 2.75) is 19.4 Å². The lowest BCUT2D eigenvalue weighted by molar-refractivity contribution is 0.0747. The molecule has 4 nitrogen and oxygen atoms in total. The first kappa shape index (κ1) is 20.2. The summed E-state index contributed by atoms with van der Waals surface area (Å²) in [7, 11) is 0. The summed E-state index contributed by atoms with van der Waals surface area (Å²) in [6.07, 6.45) is 1.14. The predicted octanol–water partition coefficient (Wildman–Crippen LogP) is 4.86. The van der Waals surface area contributed by atoms with Gasteiger partial charge in [0.25, 0.3) is 5.91 Å². The van der Waals surface area contributed by atoms with Gasteiger partial charge in [0.1, 0.15) is 5.75 Å². The molecule has 3 aromatic carbocycles. The van der Waals surface area contributed by atoms with Gasteiger partial charge in [0, 0.05) is 25.1 Å². The summed E-state index contributed by atoms with van der Waals surface area (Å²) in [6.45, 7) is 1.47. The van der Waals surface area contributed by atoms with Crippen molar-refractivity contribution in [3.8, 4) is 11.8 Å². The topological polar surface area (TPSA) is 53.3 Å². The predicted molar refractivity (Wildman–Crippen MR) is 113 cm³/mol. The molecule has 0 aromatic heterocycles. The van der Waals surface area contributed by atoms with Gasteiger partial charge in [-0.2, -0.15) is 5.26 Å². The zero-order valence-corrected chi connectivity index (χ0v) is 16.3. The molecule has 0 unspecified atom stereocenters. The quantitative estimate of drug-likeness (QED) is 0.529. The molecule has 0 spiro atoms. The third-order valence-corrected chi connectivity index (χ3v) is 4.60. The molecule has 0 saturated carbocycles. The first-order valence-electron chi connectivity index (χ1n) is 9.73. The number of nitriles is 1. The molecule has 146 valence electrons. The summed E-state index contributed by atoms with van der Waals surface area (Å²) < 4.78 is 5.80. The van der Waals surface area contributed by atoms with Crippen LogP contribution in [0.2, 0.25) is 0 Å². The second-order valence-corrected chi connectivity index (χ2v) is 6.73. The van der Waals surface area contributed by atoms with Gasteiger partial charge in [-0.05, 0) is 35.4 Å². The normalized spacial score (nSPS) is 10.2. The largest absolute Gasteiger partial charge is 0.493 e. The standard InChI is InChI=1S/C25H24N2O2/c26-17-7-18-27(20-22-10-5-2-6-11-22)25(28)23-12-14-24(15-13-23)29-19-16-21-8-3-1-4-9-21/h1-6,8-15H,7,16,18-20H2. The number of rotatable bonds is 9. The van der Waals surface area contributed by atoms with Gasteiger partial charge >= 0.3 is 0 Å². The highest BCUT2D eigenvalue weighted by Crippen LogP contribution is 2.16. The van der Waals surface area contributed by atoms with Crippen molar-refractivity contribution in [2.24, 2.45) is 0 Å². The second-order valence-electron chi connectivity index (χ2n) is 6.73. The Labute approximate surface area is 172 Å². The fraction of sp³-hybridized carbons (Fsp3) is 0.200. The minimum atomic E-state index is -0.0834. The number of benzene rings is 3. The smallest absolute Gasteiger partial charge is 0.254 e. The number of hydrogen-bond acceptors (Lipinski definition) is 3. The van der Waals surface area contributed by atoms with E-state index in [2.05, 4.69) is 18.2 Å². The Kier molecular flexibility index (Phi) is 7.42. The molecule has 0 radical (unpaired) electrons. The van der Waals surface area contributed by atoms with Crippen LogP contribution in [-0.2, 0) is 13.0 Å². The molecule has 0 atom stereocenters. The van der Waals surface area contributed by atoms with Gasteiger partial charge in [-0.25, -0.2) is 0 Å². The lowest BCUT2D eigenvalue weighted by atomic mass is 10.1. The van der Waals surface area contributed by atoms with Crippen molar-refractivity contribution in [1.29, 1.82) is 5.26 Å². The van der Waals surface area contributed by atoms with Gasteiger partial charge in [-0.3, -0.25) is 4.79 Å². The fourth-order valence-corrected chi connectivity index (χ4v) is 3.05. The number of carbonyl (C=O) groups is 1. The molecular formula is C25H24N2O2. The third kappa shape index (κ3) is 6.22. The molecule has 4 heteroatoms. The summed E-state index contributed by atoms with van der Waals surface area (Å²) in [5.74, 6) is 0.657. The molecule has 0 fully saturated rings. The van der Waals surface area contributed by atoms with Crippen LogP contribution in [0.15, 0.2) is 84.9 Å². The molecular weight excluding hydrogens is 360 g/mol. The zero-order chi connectivity index (χ0) is 20.3. The molecule has 0 aliphatic carbocycles. The number of amides is 1. The van der Waals surface area contributed by atoms with E-state index in [0.717, 1.165) is 17.7 Å². The van der Waals surface area contributed by atoms with E-state index < -0.39 is 0 Å². The Bertz CT molecular complexity index is 932. The lowest BCUT2D eigenvalue weighted by Gasteiger charge is -2.22. The highest BCUT2D eigenvalue weighted by atomic mass is 16.5. The summed E-state index contributed by atoms with van der Waals surface area (Å²) in [5, 5.41) is 8.93. The Balaban J connectivity index is 1.60. The maximum atomic E-state index is 12.9. The van der Waals surface area contributed by atoms with Crippen LogP contribution in [0, 0.1) is 11.3 Å². The van der Waals surface area contributed by atoms with E-state index in [4.69, 9.17) is 10.00 Å². The molecule has 1 amide bonds. The molecule has 3 aromatic rings. The van der Waals surface area contributed by atoms with Crippen LogP contribution in [-0.4, -0.2) is 24.0 Å². The van der Waals surface area contributed by atoms with Crippen LogP contribution in [0.25, 0.3) is 0 Å². The number of ether oxygens (including phenoxy) is 1. The van der Waals surface area contributed by atoms with E-state index in [1.165, 1.54) is 5.56 Å².